The van der Waals surface area contributed by atoms with E-state index in [4.69, 9.17) is 4.74 Å². The average Bonchev–Trinajstić information content (AvgIpc) is 3.24. The number of anilines is 1. The molecule has 3 rings (SSSR count). The van der Waals surface area contributed by atoms with E-state index in [9.17, 15) is 4.79 Å². The predicted octanol–water partition coefficient (Wildman–Crippen LogP) is -0.510. The number of unbranched alkanes of at least 4 members (excludes halogenated alkanes) is 1. The molecule has 0 aliphatic carbocycles. The van der Waals surface area contributed by atoms with E-state index >= 15 is 0 Å². The molecule has 2 aromatic rings. The van der Waals surface area contributed by atoms with Crippen molar-refractivity contribution >= 4 is 22.4 Å². The van der Waals surface area contributed by atoms with Gasteiger partial charge in [0.1, 0.15) is 17.7 Å². The van der Waals surface area contributed by atoms with Crippen molar-refractivity contribution in [1.29, 1.82) is 0 Å². The lowest BCUT2D eigenvalue weighted by atomic mass is 10.2. The van der Waals surface area contributed by atoms with Gasteiger partial charge in [-0.15, -0.1) is 10.2 Å². The van der Waals surface area contributed by atoms with Gasteiger partial charge in [0.15, 0.2) is 12.4 Å². The second-order valence-electron chi connectivity index (χ2n) is 5.57. The standard InChI is InChI=1S/C16H20N4O2S.BrH/c21-14(8-2-5-11-20-9-3-1-4-10-20)17-16-19-18-15(23-16)13-7-6-12-22-13;/h1,3-4,9-10,13H,2,5-8,11-12H2;1H. The highest BCUT2D eigenvalue weighted by Crippen LogP contribution is 2.31. The Bertz CT molecular complexity index is 632. The Balaban J connectivity index is 0.00000208. The van der Waals surface area contributed by atoms with Crippen molar-refractivity contribution in [3.63, 3.8) is 0 Å². The zero-order chi connectivity index (χ0) is 15.9. The van der Waals surface area contributed by atoms with E-state index in [1.807, 2.05) is 30.6 Å². The molecule has 0 spiro atoms. The summed E-state index contributed by atoms with van der Waals surface area (Å²) in [5.74, 6) is -0.00176. The van der Waals surface area contributed by atoms with E-state index in [1.54, 1.807) is 0 Å². The summed E-state index contributed by atoms with van der Waals surface area (Å²) in [6, 6.07) is 6.01. The highest BCUT2D eigenvalue weighted by Gasteiger charge is 2.22. The second-order valence-corrected chi connectivity index (χ2v) is 6.57. The summed E-state index contributed by atoms with van der Waals surface area (Å²) in [5.41, 5.74) is 0. The first kappa shape index (κ1) is 19.0. The first-order valence-corrected chi connectivity index (χ1v) is 8.82. The van der Waals surface area contributed by atoms with Gasteiger partial charge in [0.25, 0.3) is 0 Å². The fourth-order valence-electron chi connectivity index (χ4n) is 2.53. The number of nitrogens with one attached hydrogen (secondary N) is 1. The molecule has 24 heavy (non-hydrogen) atoms. The normalized spacial score (nSPS) is 16.6. The molecule has 1 unspecified atom stereocenters. The smallest absolute Gasteiger partial charge is 0.226 e. The maximum Gasteiger partial charge on any atom is 0.226 e. The first-order valence-electron chi connectivity index (χ1n) is 8.00. The molecule has 0 saturated carbocycles. The van der Waals surface area contributed by atoms with Crippen molar-refractivity contribution in [2.24, 2.45) is 0 Å². The molecule has 3 heterocycles. The third-order valence-electron chi connectivity index (χ3n) is 3.74. The monoisotopic (exact) mass is 412 g/mol. The van der Waals surface area contributed by atoms with Crippen molar-refractivity contribution in [2.75, 3.05) is 11.9 Å². The fourth-order valence-corrected chi connectivity index (χ4v) is 3.38. The fraction of sp³-hybridized carbons (Fsp3) is 0.500. The molecule has 0 bridgehead atoms. The van der Waals surface area contributed by atoms with E-state index in [1.165, 1.54) is 11.3 Å². The highest BCUT2D eigenvalue weighted by atomic mass is 79.9. The van der Waals surface area contributed by atoms with E-state index < -0.39 is 0 Å². The maximum absolute atomic E-state index is 11.9. The lowest BCUT2D eigenvalue weighted by Gasteiger charge is -2.02. The van der Waals surface area contributed by atoms with Gasteiger partial charge in [-0.25, -0.2) is 4.57 Å². The van der Waals surface area contributed by atoms with Gasteiger partial charge in [0, 0.05) is 31.6 Å². The average molecular weight is 413 g/mol. The van der Waals surface area contributed by atoms with Gasteiger partial charge in [0.2, 0.25) is 11.0 Å². The number of aryl methyl sites for hydroxylation is 1. The Hall–Kier alpha value is -1.38. The molecule has 1 fully saturated rings. The van der Waals surface area contributed by atoms with Crippen molar-refractivity contribution in [2.45, 2.75) is 44.8 Å². The highest BCUT2D eigenvalue weighted by molar-refractivity contribution is 7.15. The molecule has 1 atom stereocenters. The SMILES string of the molecule is O=C(CCCC[n+]1ccccc1)Nc1nnc(C2CCCO2)s1.[Br-]. The summed E-state index contributed by atoms with van der Waals surface area (Å²) in [4.78, 5) is 11.9. The van der Waals surface area contributed by atoms with Gasteiger partial charge in [-0.1, -0.05) is 17.4 Å². The number of hydrogen-bond acceptors (Lipinski definition) is 5. The summed E-state index contributed by atoms with van der Waals surface area (Å²) < 4.78 is 7.69. The van der Waals surface area contributed by atoms with Crippen LogP contribution in [0.15, 0.2) is 30.6 Å². The van der Waals surface area contributed by atoms with Crippen LogP contribution in [0.25, 0.3) is 0 Å². The summed E-state index contributed by atoms with van der Waals surface area (Å²) in [5, 5.41) is 12.4. The molecular weight excluding hydrogens is 392 g/mol. The largest absolute Gasteiger partial charge is 1.00 e. The third kappa shape index (κ3) is 5.61. The van der Waals surface area contributed by atoms with Gasteiger partial charge < -0.3 is 27.0 Å². The summed E-state index contributed by atoms with van der Waals surface area (Å²) >= 11 is 1.41. The van der Waals surface area contributed by atoms with Crippen LogP contribution >= 0.6 is 11.3 Å². The Morgan fingerprint density at radius 1 is 1.29 bits per heavy atom. The number of rotatable bonds is 7. The number of nitrogens with zero attached hydrogens (tertiary/aromatic N) is 3. The molecule has 1 N–H and O–H groups in total. The van der Waals surface area contributed by atoms with Crippen LogP contribution < -0.4 is 26.9 Å². The van der Waals surface area contributed by atoms with Gasteiger partial charge in [-0.3, -0.25) is 4.79 Å². The van der Waals surface area contributed by atoms with Crippen LogP contribution in [0.4, 0.5) is 5.13 Å². The molecule has 130 valence electrons. The van der Waals surface area contributed by atoms with Crippen LogP contribution in [-0.2, 0) is 16.1 Å². The van der Waals surface area contributed by atoms with Crippen molar-refractivity contribution in [3.8, 4) is 0 Å². The Morgan fingerprint density at radius 3 is 2.88 bits per heavy atom. The topological polar surface area (TPSA) is 68.0 Å². The molecule has 1 aliphatic heterocycles. The summed E-state index contributed by atoms with van der Waals surface area (Å²) in [6.45, 7) is 1.71. The van der Waals surface area contributed by atoms with Gasteiger partial charge in [0.05, 0.1) is 0 Å². The number of aromatic nitrogens is 3. The van der Waals surface area contributed by atoms with Crippen LogP contribution in [0.3, 0.4) is 0 Å². The maximum atomic E-state index is 11.9. The number of pyridine rings is 1. The molecule has 2 aromatic heterocycles. The van der Waals surface area contributed by atoms with E-state index in [0.717, 1.165) is 43.8 Å². The number of hydrogen-bond donors (Lipinski definition) is 1. The Morgan fingerprint density at radius 2 is 2.12 bits per heavy atom. The molecule has 8 heteroatoms. The first-order chi connectivity index (χ1) is 11.3. The molecular formula is C16H21BrN4O2S. The van der Waals surface area contributed by atoms with Crippen LogP contribution in [0.1, 0.15) is 43.2 Å². The number of carbonyl (C=O) groups is 1. The zero-order valence-corrected chi connectivity index (χ0v) is 15.8. The molecule has 1 aliphatic rings. The van der Waals surface area contributed by atoms with Crippen molar-refractivity contribution < 1.29 is 31.1 Å². The van der Waals surface area contributed by atoms with Crippen LogP contribution in [0.2, 0.25) is 0 Å². The molecule has 6 nitrogen and oxygen atoms in total. The molecule has 0 aromatic carbocycles. The lowest BCUT2D eigenvalue weighted by molar-refractivity contribution is -0.697. The van der Waals surface area contributed by atoms with E-state index in [2.05, 4.69) is 20.1 Å². The van der Waals surface area contributed by atoms with Crippen LogP contribution in [0, 0.1) is 0 Å². The Kier molecular flexibility index (Phi) is 7.74. The van der Waals surface area contributed by atoms with E-state index in [-0.39, 0.29) is 29.0 Å². The number of amides is 1. The van der Waals surface area contributed by atoms with Crippen LogP contribution in [0.5, 0.6) is 0 Å². The molecule has 1 amide bonds. The Labute approximate surface area is 156 Å². The molecule has 1 saturated heterocycles. The zero-order valence-electron chi connectivity index (χ0n) is 13.4. The van der Waals surface area contributed by atoms with Gasteiger partial charge >= 0.3 is 0 Å². The lowest BCUT2D eigenvalue weighted by Crippen LogP contribution is -3.00. The van der Waals surface area contributed by atoms with Crippen molar-refractivity contribution in [3.05, 3.63) is 35.6 Å². The van der Waals surface area contributed by atoms with Gasteiger partial charge in [-0.2, -0.15) is 0 Å². The minimum Gasteiger partial charge on any atom is -1.00 e. The van der Waals surface area contributed by atoms with Crippen molar-refractivity contribution in [1.82, 2.24) is 10.2 Å². The number of halogens is 1. The third-order valence-corrected chi connectivity index (χ3v) is 4.67. The van der Waals surface area contributed by atoms with E-state index in [0.29, 0.717) is 11.6 Å². The summed E-state index contributed by atoms with van der Waals surface area (Å²) in [7, 11) is 0. The van der Waals surface area contributed by atoms with Gasteiger partial charge in [-0.05, 0) is 19.3 Å². The quantitative estimate of drug-likeness (QED) is 0.491. The summed E-state index contributed by atoms with van der Waals surface area (Å²) in [6.07, 6.45) is 8.50. The number of ether oxygens (including phenoxy) is 1. The predicted molar refractivity (Wildman–Crippen MR) is 87.0 cm³/mol. The number of carbonyl (C=O) groups excluding carboxylic acids is 1. The minimum atomic E-state index is -0.00176. The molecule has 0 radical (unpaired) electrons. The van der Waals surface area contributed by atoms with Crippen LogP contribution in [-0.4, -0.2) is 22.7 Å². The minimum absolute atomic E-state index is 0. The second kappa shape index (κ2) is 9.80.